The standard InChI is InChI=1S/C14H13BrN2O/c1-9-6-10(8-11(15)7-9)14(18)17-13-4-2-12(16)3-5-13/h2-8H,16H2,1H3,(H,17,18). The fourth-order valence-electron chi connectivity index (χ4n) is 1.64. The second-order valence-electron chi connectivity index (χ2n) is 4.09. The predicted octanol–water partition coefficient (Wildman–Crippen LogP) is 3.59. The number of aryl methyl sites for hydroxylation is 1. The quantitative estimate of drug-likeness (QED) is 0.833. The van der Waals surface area contributed by atoms with Gasteiger partial charge in [0.1, 0.15) is 0 Å². The first-order chi connectivity index (χ1) is 8.54. The Kier molecular flexibility index (Phi) is 3.67. The lowest BCUT2D eigenvalue weighted by Crippen LogP contribution is -2.12. The minimum Gasteiger partial charge on any atom is -0.399 e. The Morgan fingerprint density at radius 2 is 1.83 bits per heavy atom. The van der Waals surface area contributed by atoms with Crippen molar-refractivity contribution in [3.8, 4) is 0 Å². The Labute approximate surface area is 114 Å². The molecule has 2 aromatic carbocycles. The van der Waals surface area contributed by atoms with Gasteiger partial charge in [-0.15, -0.1) is 0 Å². The molecule has 0 saturated heterocycles. The molecule has 1 amide bonds. The molecule has 18 heavy (non-hydrogen) atoms. The maximum atomic E-state index is 12.0. The summed E-state index contributed by atoms with van der Waals surface area (Å²) in [6.45, 7) is 1.95. The summed E-state index contributed by atoms with van der Waals surface area (Å²) in [6, 6.07) is 12.6. The molecule has 0 aliphatic heterocycles. The van der Waals surface area contributed by atoms with Crippen molar-refractivity contribution in [3.63, 3.8) is 0 Å². The van der Waals surface area contributed by atoms with E-state index in [-0.39, 0.29) is 5.91 Å². The van der Waals surface area contributed by atoms with Gasteiger partial charge < -0.3 is 11.1 Å². The number of anilines is 2. The average molecular weight is 305 g/mol. The number of nitrogens with one attached hydrogen (secondary N) is 1. The van der Waals surface area contributed by atoms with Crippen molar-refractivity contribution in [1.82, 2.24) is 0 Å². The van der Waals surface area contributed by atoms with Crippen LogP contribution < -0.4 is 11.1 Å². The van der Waals surface area contributed by atoms with Crippen LogP contribution in [-0.4, -0.2) is 5.91 Å². The Morgan fingerprint density at radius 1 is 1.17 bits per heavy atom. The van der Waals surface area contributed by atoms with E-state index in [1.54, 1.807) is 30.3 Å². The highest BCUT2D eigenvalue weighted by molar-refractivity contribution is 9.10. The molecule has 0 fully saturated rings. The zero-order valence-corrected chi connectivity index (χ0v) is 11.5. The molecule has 2 rings (SSSR count). The second kappa shape index (κ2) is 5.23. The van der Waals surface area contributed by atoms with Crippen LogP contribution >= 0.6 is 15.9 Å². The van der Waals surface area contributed by atoms with Crippen LogP contribution in [0.15, 0.2) is 46.9 Å². The molecular weight excluding hydrogens is 292 g/mol. The van der Waals surface area contributed by atoms with Gasteiger partial charge in [-0.2, -0.15) is 0 Å². The van der Waals surface area contributed by atoms with Crippen molar-refractivity contribution in [1.29, 1.82) is 0 Å². The molecule has 0 bridgehead atoms. The normalized spacial score (nSPS) is 10.1. The monoisotopic (exact) mass is 304 g/mol. The van der Waals surface area contributed by atoms with E-state index in [1.807, 2.05) is 19.1 Å². The van der Waals surface area contributed by atoms with Crippen LogP contribution in [0, 0.1) is 6.92 Å². The van der Waals surface area contributed by atoms with Gasteiger partial charge in [0.2, 0.25) is 0 Å². The summed E-state index contributed by atoms with van der Waals surface area (Å²) in [4.78, 5) is 12.0. The molecule has 3 N–H and O–H groups in total. The van der Waals surface area contributed by atoms with Crippen molar-refractivity contribution < 1.29 is 4.79 Å². The Hall–Kier alpha value is -1.81. The van der Waals surface area contributed by atoms with Crippen LogP contribution in [0.1, 0.15) is 15.9 Å². The number of halogens is 1. The van der Waals surface area contributed by atoms with E-state index in [9.17, 15) is 4.79 Å². The zero-order chi connectivity index (χ0) is 13.1. The molecule has 3 nitrogen and oxygen atoms in total. The van der Waals surface area contributed by atoms with Crippen LogP contribution in [0.4, 0.5) is 11.4 Å². The third-order valence-electron chi connectivity index (χ3n) is 2.47. The molecule has 0 atom stereocenters. The molecule has 0 aromatic heterocycles. The Morgan fingerprint density at radius 3 is 2.44 bits per heavy atom. The lowest BCUT2D eigenvalue weighted by Gasteiger charge is -2.07. The highest BCUT2D eigenvalue weighted by Crippen LogP contribution is 2.17. The summed E-state index contributed by atoms with van der Waals surface area (Å²) in [5, 5.41) is 2.82. The van der Waals surface area contributed by atoms with Crippen LogP contribution in [0.5, 0.6) is 0 Å². The average Bonchev–Trinajstić information content (AvgIpc) is 2.31. The number of nitrogen functional groups attached to an aromatic ring is 1. The van der Waals surface area contributed by atoms with E-state index in [0.29, 0.717) is 11.3 Å². The Balaban J connectivity index is 2.19. The molecular formula is C14H13BrN2O. The molecule has 0 unspecified atom stereocenters. The number of nitrogens with two attached hydrogens (primary N) is 1. The van der Waals surface area contributed by atoms with Gasteiger partial charge in [0, 0.05) is 21.4 Å². The fraction of sp³-hybridized carbons (Fsp3) is 0.0714. The van der Waals surface area contributed by atoms with Crippen LogP contribution in [0.2, 0.25) is 0 Å². The number of benzene rings is 2. The van der Waals surface area contributed by atoms with Crippen LogP contribution in [0.25, 0.3) is 0 Å². The minimum absolute atomic E-state index is 0.135. The fourth-order valence-corrected chi connectivity index (χ4v) is 2.24. The largest absolute Gasteiger partial charge is 0.399 e. The van der Waals surface area contributed by atoms with Crippen molar-refractivity contribution >= 4 is 33.2 Å². The summed E-state index contributed by atoms with van der Waals surface area (Å²) in [5.41, 5.74) is 8.65. The summed E-state index contributed by atoms with van der Waals surface area (Å²) in [6.07, 6.45) is 0. The lowest BCUT2D eigenvalue weighted by atomic mass is 10.1. The summed E-state index contributed by atoms with van der Waals surface area (Å²) >= 11 is 3.38. The first-order valence-electron chi connectivity index (χ1n) is 5.49. The van der Waals surface area contributed by atoms with E-state index >= 15 is 0 Å². The highest BCUT2D eigenvalue weighted by Gasteiger charge is 2.07. The molecule has 0 spiro atoms. The predicted molar refractivity (Wildman–Crippen MR) is 77.7 cm³/mol. The SMILES string of the molecule is Cc1cc(Br)cc(C(=O)Nc2ccc(N)cc2)c1. The number of amides is 1. The summed E-state index contributed by atoms with van der Waals surface area (Å²) in [7, 11) is 0. The van der Waals surface area contributed by atoms with Gasteiger partial charge in [-0.25, -0.2) is 0 Å². The van der Waals surface area contributed by atoms with Crippen molar-refractivity contribution in [2.75, 3.05) is 11.1 Å². The third-order valence-corrected chi connectivity index (χ3v) is 2.93. The van der Waals surface area contributed by atoms with Gasteiger partial charge in [0.05, 0.1) is 0 Å². The summed E-state index contributed by atoms with van der Waals surface area (Å²) < 4.78 is 0.893. The first-order valence-corrected chi connectivity index (χ1v) is 6.28. The van der Waals surface area contributed by atoms with Gasteiger partial charge >= 0.3 is 0 Å². The van der Waals surface area contributed by atoms with Gasteiger partial charge in [0.25, 0.3) is 5.91 Å². The lowest BCUT2D eigenvalue weighted by molar-refractivity contribution is 0.102. The number of rotatable bonds is 2. The number of hydrogen-bond donors (Lipinski definition) is 2. The molecule has 0 saturated carbocycles. The van der Waals surface area contributed by atoms with E-state index in [0.717, 1.165) is 15.7 Å². The number of carbonyl (C=O) groups is 1. The maximum Gasteiger partial charge on any atom is 0.255 e. The van der Waals surface area contributed by atoms with Crippen molar-refractivity contribution in [3.05, 3.63) is 58.1 Å². The summed E-state index contributed by atoms with van der Waals surface area (Å²) in [5.74, 6) is -0.135. The molecule has 4 heteroatoms. The Bertz CT molecular complexity index is 559. The third kappa shape index (κ3) is 3.11. The van der Waals surface area contributed by atoms with E-state index < -0.39 is 0 Å². The van der Waals surface area contributed by atoms with Gasteiger partial charge in [-0.3, -0.25) is 4.79 Å². The minimum atomic E-state index is -0.135. The van der Waals surface area contributed by atoms with Crippen LogP contribution in [0.3, 0.4) is 0 Å². The van der Waals surface area contributed by atoms with Gasteiger partial charge in [0.15, 0.2) is 0 Å². The molecule has 0 aliphatic rings. The highest BCUT2D eigenvalue weighted by atomic mass is 79.9. The van der Waals surface area contributed by atoms with Crippen molar-refractivity contribution in [2.45, 2.75) is 6.92 Å². The van der Waals surface area contributed by atoms with E-state index in [1.165, 1.54) is 0 Å². The molecule has 0 radical (unpaired) electrons. The van der Waals surface area contributed by atoms with Crippen LogP contribution in [-0.2, 0) is 0 Å². The smallest absolute Gasteiger partial charge is 0.255 e. The molecule has 0 heterocycles. The van der Waals surface area contributed by atoms with Gasteiger partial charge in [-0.05, 0) is 55.0 Å². The number of hydrogen-bond acceptors (Lipinski definition) is 2. The maximum absolute atomic E-state index is 12.0. The van der Waals surface area contributed by atoms with Gasteiger partial charge in [-0.1, -0.05) is 15.9 Å². The first kappa shape index (κ1) is 12.6. The number of carbonyl (C=O) groups excluding carboxylic acids is 1. The van der Waals surface area contributed by atoms with E-state index in [4.69, 9.17) is 5.73 Å². The molecule has 0 aliphatic carbocycles. The molecule has 92 valence electrons. The zero-order valence-electron chi connectivity index (χ0n) is 9.91. The molecule has 2 aromatic rings. The van der Waals surface area contributed by atoms with E-state index in [2.05, 4.69) is 21.2 Å². The van der Waals surface area contributed by atoms with Crippen molar-refractivity contribution in [2.24, 2.45) is 0 Å². The second-order valence-corrected chi connectivity index (χ2v) is 5.01. The topological polar surface area (TPSA) is 55.1 Å².